The maximum absolute atomic E-state index is 12.2. The van der Waals surface area contributed by atoms with Crippen molar-refractivity contribution in [1.29, 1.82) is 0 Å². The number of hydrogen-bond donors (Lipinski definition) is 0. The largest absolute Gasteiger partial charge is 0.461 e. The van der Waals surface area contributed by atoms with Crippen LogP contribution in [0.2, 0.25) is 0 Å². The van der Waals surface area contributed by atoms with Gasteiger partial charge in [-0.15, -0.1) is 0 Å². The predicted octanol–water partition coefficient (Wildman–Crippen LogP) is 2.70. The molecular weight excluding hydrogens is 320 g/mol. The molecule has 0 aromatic carbocycles. The van der Waals surface area contributed by atoms with Gasteiger partial charge in [-0.3, -0.25) is 9.69 Å². The standard InChI is InChI=1S/C18H24N4O3/c1-2-17(23)22-10-4-7-14(22)13-6-3-9-21(13)12-16-19-18(20-25-16)15-8-5-11-24-15/h5,8,11,13-14H,2-4,6-7,9-10,12H2,1H3/t13-,14+/m0/s1. The van der Waals surface area contributed by atoms with Crippen molar-refractivity contribution >= 4 is 5.91 Å². The molecule has 7 heteroatoms. The molecule has 0 bridgehead atoms. The van der Waals surface area contributed by atoms with Crippen molar-refractivity contribution in [3.05, 3.63) is 24.3 Å². The van der Waals surface area contributed by atoms with Crippen LogP contribution in [0.15, 0.2) is 27.3 Å². The average Bonchev–Trinajstić information content (AvgIpc) is 3.38. The van der Waals surface area contributed by atoms with Crippen LogP contribution in [0.5, 0.6) is 0 Å². The van der Waals surface area contributed by atoms with E-state index in [1.54, 1.807) is 12.3 Å². The van der Waals surface area contributed by atoms with E-state index in [9.17, 15) is 4.79 Å². The van der Waals surface area contributed by atoms with Crippen LogP contribution >= 0.6 is 0 Å². The molecule has 0 unspecified atom stereocenters. The summed E-state index contributed by atoms with van der Waals surface area (Å²) in [4.78, 5) is 21.2. The summed E-state index contributed by atoms with van der Waals surface area (Å²) in [5, 5.41) is 4.01. The van der Waals surface area contributed by atoms with E-state index < -0.39 is 0 Å². The highest BCUT2D eigenvalue weighted by atomic mass is 16.5. The van der Waals surface area contributed by atoms with Gasteiger partial charge in [0.25, 0.3) is 0 Å². The van der Waals surface area contributed by atoms with Crippen molar-refractivity contribution in [2.75, 3.05) is 13.1 Å². The van der Waals surface area contributed by atoms with E-state index in [0.29, 0.717) is 42.5 Å². The average molecular weight is 344 g/mol. The predicted molar refractivity (Wildman–Crippen MR) is 90.5 cm³/mol. The molecule has 25 heavy (non-hydrogen) atoms. The zero-order chi connectivity index (χ0) is 17.2. The van der Waals surface area contributed by atoms with Crippen molar-refractivity contribution in [3.63, 3.8) is 0 Å². The van der Waals surface area contributed by atoms with E-state index in [1.807, 2.05) is 13.0 Å². The van der Waals surface area contributed by atoms with Gasteiger partial charge < -0.3 is 13.8 Å². The summed E-state index contributed by atoms with van der Waals surface area (Å²) in [6.07, 6.45) is 6.64. The Bertz CT molecular complexity index is 712. The van der Waals surface area contributed by atoms with Gasteiger partial charge in [-0.05, 0) is 44.4 Å². The third-order valence-electron chi connectivity index (χ3n) is 5.33. The Hall–Kier alpha value is -2.15. The molecule has 7 nitrogen and oxygen atoms in total. The van der Waals surface area contributed by atoms with E-state index in [2.05, 4.69) is 19.9 Å². The molecule has 4 rings (SSSR count). The van der Waals surface area contributed by atoms with Gasteiger partial charge >= 0.3 is 0 Å². The zero-order valence-electron chi connectivity index (χ0n) is 14.6. The number of aromatic nitrogens is 2. The lowest BCUT2D eigenvalue weighted by atomic mass is 10.0. The van der Waals surface area contributed by atoms with Crippen LogP contribution in [-0.4, -0.2) is 51.0 Å². The summed E-state index contributed by atoms with van der Waals surface area (Å²) in [5.74, 6) is 1.97. The molecule has 2 aliphatic rings. The maximum Gasteiger partial charge on any atom is 0.241 e. The van der Waals surface area contributed by atoms with Crippen molar-refractivity contribution in [2.24, 2.45) is 0 Å². The van der Waals surface area contributed by atoms with E-state index in [0.717, 1.165) is 38.8 Å². The summed E-state index contributed by atoms with van der Waals surface area (Å²) >= 11 is 0. The summed E-state index contributed by atoms with van der Waals surface area (Å²) in [6.45, 7) is 4.47. The Labute approximate surface area is 147 Å². The number of nitrogens with zero attached hydrogens (tertiary/aromatic N) is 4. The lowest BCUT2D eigenvalue weighted by Gasteiger charge is -2.34. The summed E-state index contributed by atoms with van der Waals surface area (Å²) < 4.78 is 10.7. The van der Waals surface area contributed by atoms with Crippen LogP contribution < -0.4 is 0 Å². The fourth-order valence-electron chi connectivity index (χ4n) is 4.19. The zero-order valence-corrected chi connectivity index (χ0v) is 14.6. The first-order chi connectivity index (χ1) is 12.3. The number of rotatable bonds is 5. The molecule has 0 radical (unpaired) electrons. The number of hydrogen-bond acceptors (Lipinski definition) is 6. The van der Waals surface area contributed by atoms with Gasteiger partial charge in [-0.2, -0.15) is 4.98 Å². The Morgan fingerprint density at radius 1 is 1.28 bits per heavy atom. The van der Waals surface area contributed by atoms with Crippen molar-refractivity contribution in [1.82, 2.24) is 19.9 Å². The quantitative estimate of drug-likeness (QED) is 0.830. The SMILES string of the molecule is CCC(=O)N1CCC[C@@H]1[C@@H]1CCCN1Cc1nc(-c2ccco2)no1. The van der Waals surface area contributed by atoms with Crippen molar-refractivity contribution < 1.29 is 13.7 Å². The minimum absolute atomic E-state index is 0.271. The molecule has 2 aliphatic heterocycles. The molecule has 134 valence electrons. The highest BCUT2D eigenvalue weighted by Gasteiger charge is 2.39. The molecule has 2 saturated heterocycles. The van der Waals surface area contributed by atoms with Crippen LogP contribution in [0, 0.1) is 0 Å². The Kier molecular flexibility index (Phi) is 4.57. The fraction of sp³-hybridized carbons (Fsp3) is 0.611. The maximum atomic E-state index is 12.2. The smallest absolute Gasteiger partial charge is 0.241 e. The van der Waals surface area contributed by atoms with Gasteiger partial charge in [0.15, 0.2) is 5.76 Å². The monoisotopic (exact) mass is 344 g/mol. The summed E-state index contributed by atoms with van der Waals surface area (Å²) in [7, 11) is 0. The molecule has 0 saturated carbocycles. The normalized spacial score (nSPS) is 24.3. The number of furan rings is 1. The molecule has 0 spiro atoms. The number of amides is 1. The van der Waals surface area contributed by atoms with Crippen molar-refractivity contribution in [3.8, 4) is 11.6 Å². The number of likely N-dealkylation sites (tertiary alicyclic amines) is 2. The molecule has 4 heterocycles. The number of carbonyl (C=O) groups excluding carboxylic acids is 1. The van der Waals surface area contributed by atoms with E-state index >= 15 is 0 Å². The second-order valence-electron chi connectivity index (χ2n) is 6.82. The Morgan fingerprint density at radius 3 is 2.92 bits per heavy atom. The second kappa shape index (κ2) is 7.00. The van der Waals surface area contributed by atoms with Gasteiger partial charge in [-0.25, -0.2) is 0 Å². The first-order valence-corrected chi connectivity index (χ1v) is 9.16. The van der Waals surface area contributed by atoms with Gasteiger partial charge in [0.1, 0.15) is 0 Å². The highest BCUT2D eigenvalue weighted by molar-refractivity contribution is 5.76. The molecule has 2 aromatic heterocycles. The Morgan fingerprint density at radius 2 is 2.12 bits per heavy atom. The van der Waals surface area contributed by atoms with Gasteiger partial charge in [-0.1, -0.05) is 12.1 Å². The lowest BCUT2D eigenvalue weighted by Crippen LogP contribution is -2.47. The van der Waals surface area contributed by atoms with Crippen LogP contribution in [0.4, 0.5) is 0 Å². The topological polar surface area (TPSA) is 75.6 Å². The first-order valence-electron chi connectivity index (χ1n) is 9.16. The molecule has 2 fully saturated rings. The Balaban J connectivity index is 1.46. The summed E-state index contributed by atoms with van der Waals surface area (Å²) in [5.41, 5.74) is 0. The third kappa shape index (κ3) is 3.20. The minimum atomic E-state index is 0.271. The van der Waals surface area contributed by atoms with Crippen LogP contribution in [0.3, 0.4) is 0 Å². The van der Waals surface area contributed by atoms with Crippen LogP contribution in [-0.2, 0) is 11.3 Å². The van der Waals surface area contributed by atoms with Crippen LogP contribution in [0.1, 0.15) is 44.9 Å². The first kappa shape index (κ1) is 16.3. The van der Waals surface area contributed by atoms with Crippen LogP contribution in [0.25, 0.3) is 11.6 Å². The van der Waals surface area contributed by atoms with Gasteiger partial charge in [0, 0.05) is 25.0 Å². The fourth-order valence-corrected chi connectivity index (χ4v) is 4.19. The molecule has 2 atom stereocenters. The highest BCUT2D eigenvalue weighted by Crippen LogP contribution is 2.31. The van der Waals surface area contributed by atoms with E-state index in [-0.39, 0.29) is 5.91 Å². The number of carbonyl (C=O) groups is 1. The third-order valence-corrected chi connectivity index (χ3v) is 5.33. The molecular formula is C18H24N4O3. The van der Waals surface area contributed by atoms with E-state index in [1.165, 1.54) is 0 Å². The second-order valence-corrected chi connectivity index (χ2v) is 6.82. The van der Waals surface area contributed by atoms with Gasteiger partial charge in [0.2, 0.25) is 17.6 Å². The summed E-state index contributed by atoms with van der Waals surface area (Å²) in [6, 6.07) is 4.33. The molecule has 0 N–H and O–H groups in total. The van der Waals surface area contributed by atoms with Crippen molar-refractivity contribution in [2.45, 2.75) is 57.7 Å². The van der Waals surface area contributed by atoms with E-state index in [4.69, 9.17) is 8.94 Å². The minimum Gasteiger partial charge on any atom is -0.461 e. The molecule has 1 amide bonds. The molecule has 0 aliphatic carbocycles. The lowest BCUT2D eigenvalue weighted by molar-refractivity contribution is -0.132. The molecule has 2 aromatic rings. The van der Waals surface area contributed by atoms with Gasteiger partial charge in [0.05, 0.1) is 12.8 Å².